The summed E-state index contributed by atoms with van der Waals surface area (Å²) in [7, 11) is 0. The van der Waals surface area contributed by atoms with Crippen LogP contribution < -0.4 is 5.73 Å². The first-order chi connectivity index (χ1) is 7.90. The normalized spacial score (nSPS) is 33.5. The van der Waals surface area contributed by atoms with Gasteiger partial charge in [0.25, 0.3) is 0 Å². The molecule has 0 spiro atoms. The van der Waals surface area contributed by atoms with Crippen molar-refractivity contribution in [2.45, 2.75) is 41.0 Å². The highest BCUT2D eigenvalue weighted by atomic mass is 14.5. The zero-order valence-electron chi connectivity index (χ0n) is 12.1. The average Bonchev–Trinajstić information content (AvgIpc) is 2.52. The van der Waals surface area contributed by atoms with E-state index in [-0.39, 0.29) is 0 Å². The molecule has 0 bridgehead atoms. The van der Waals surface area contributed by atoms with Crippen LogP contribution in [0, 0.1) is 35.5 Å². The van der Waals surface area contributed by atoms with Crippen molar-refractivity contribution in [1.29, 1.82) is 0 Å². The maximum absolute atomic E-state index is 5.56. The summed E-state index contributed by atoms with van der Waals surface area (Å²) in [6.07, 6.45) is 5.05. The number of hydrogen-bond acceptors (Lipinski definition) is 1. The lowest BCUT2D eigenvalue weighted by Gasteiger charge is -2.33. The van der Waals surface area contributed by atoms with Gasteiger partial charge in [0.1, 0.15) is 0 Å². The topological polar surface area (TPSA) is 26.0 Å². The maximum Gasteiger partial charge on any atom is -0.0100 e. The Kier molecular flexibility index (Phi) is 4.85. The minimum absolute atomic E-state index is 0.556. The van der Waals surface area contributed by atoms with Gasteiger partial charge in [-0.25, -0.2) is 0 Å². The number of rotatable bonds is 4. The van der Waals surface area contributed by atoms with Gasteiger partial charge in [-0.15, -0.1) is 0 Å². The van der Waals surface area contributed by atoms with Crippen molar-refractivity contribution in [3.63, 3.8) is 0 Å². The lowest BCUT2D eigenvalue weighted by Crippen LogP contribution is -2.28. The summed E-state index contributed by atoms with van der Waals surface area (Å²) in [5.74, 6) is 4.10. The molecule has 0 aromatic rings. The first kappa shape index (κ1) is 14.3. The van der Waals surface area contributed by atoms with Gasteiger partial charge >= 0.3 is 0 Å². The minimum Gasteiger partial charge on any atom is -0.405 e. The summed E-state index contributed by atoms with van der Waals surface area (Å²) in [5.41, 5.74) is 7.01. The van der Waals surface area contributed by atoms with E-state index in [1.165, 1.54) is 12.0 Å². The molecule has 0 radical (unpaired) electrons. The molecule has 1 aliphatic carbocycles. The first-order valence-electron chi connectivity index (χ1n) is 6.96. The molecule has 0 aromatic carbocycles. The van der Waals surface area contributed by atoms with Crippen molar-refractivity contribution in [2.24, 2.45) is 41.2 Å². The smallest absolute Gasteiger partial charge is 0.0100 e. The quantitative estimate of drug-likeness (QED) is 0.726. The van der Waals surface area contributed by atoms with E-state index in [2.05, 4.69) is 47.3 Å². The Bertz CT molecular complexity index is 290. The molecule has 1 nitrogen and oxygen atoms in total. The standard InChI is InChI=1S/C16H29N/c1-10(2)14(6)16-13(5)9-12(4)15(16)11(3)7-8-17/h7-8,10-12,14-16H,5,9,17H2,1-4,6H3/b8-7-/t11?,12-,14?,15?,16?/m1/s1. The molecule has 17 heavy (non-hydrogen) atoms. The molecule has 1 fully saturated rings. The van der Waals surface area contributed by atoms with E-state index in [0.717, 1.165) is 11.8 Å². The summed E-state index contributed by atoms with van der Waals surface area (Å²) in [6, 6.07) is 0. The summed E-state index contributed by atoms with van der Waals surface area (Å²) in [6.45, 7) is 16.0. The van der Waals surface area contributed by atoms with Gasteiger partial charge in [-0.3, -0.25) is 0 Å². The van der Waals surface area contributed by atoms with Crippen LogP contribution in [0.3, 0.4) is 0 Å². The van der Waals surface area contributed by atoms with Crippen LogP contribution in [-0.2, 0) is 0 Å². The van der Waals surface area contributed by atoms with Gasteiger partial charge in [0.15, 0.2) is 0 Å². The molecule has 0 amide bonds. The monoisotopic (exact) mass is 235 g/mol. The van der Waals surface area contributed by atoms with Crippen LogP contribution in [0.4, 0.5) is 0 Å². The largest absolute Gasteiger partial charge is 0.405 e. The molecule has 98 valence electrons. The predicted octanol–water partition coefficient (Wildman–Crippen LogP) is 4.22. The van der Waals surface area contributed by atoms with Crippen LogP contribution in [-0.4, -0.2) is 0 Å². The fourth-order valence-electron chi connectivity index (χ4n) is 3.60. The van der Waals surface area contributed by atoms with E-state index in [0.29, 0.717) is 23.7 Å². The average molecular weight is 235 g/mol. The lowest BCUT2D eigenvalue weighted by atomic mass is 9.71. The Morgan fingerprint density at radius 3 is 2.35 bits per heavy atom. The van der Waals surface area contributed by atoms with Gasteiger partial charge in [0, 0.05) is 0 Å². The SMILES string of the molecule is C=C1C[C@@H](C)C(C(C)/C=C\N)C1C(C)C(C)C. The first-order valence-corrected chi connectivity index (χ1v) is 6.96. The van der Waals surface area contributed by atoms with Crippen LogP contribution >= 0.6 is 0 Å². The van der Waals surface area contributed by atoms with Gasteiger partial charge < -0.3 is 5.73 Å². The summed E-state index contributed by atoms with van der Waals surface area (Å²) >= 11 is 0. The van der Waals surface area contributed by atoms with Crippen LogP contribution in [0.1, 0.15) is 41.0 Å². The van der Waals surface area contributed by atoms with Crippen molar-refractivity contribution >= 4 is 0 Å². The third-order valence-corrected chi connectivity index (χ3v) is 4.77. The summed E-state index contributed by atoms with van der Waals surface area (Å²) in [5, 5.41) is 0. The van der Waals surface area contributed by atoms with Crippen molar-refractivity contribution in [3.05, 3.63) is 24.4 Å². The third kappa shape index (κ3) is 2.94. The number of allylic oxidation sites excluding steroid dienone is 2. The molecule has 1 saturated carbocycles. The fourth-order valence-corrected chi connectivity index (χ4v) is 3.60. The Morgan fingerprint density at radius 2 is 1.88 bits per heavy atom. The molecular formula is C16H29N. The van der Waals surface area contributed by atoms with E-state index in [9.17, 15) is 0 Å². The van der Waals surface area contributed by atoms with E-state index in [1.54, 1.807) is 6.20 Å². The molecule has 0 aromatic heterocycles. The second kappa shape index (κ2) is 5.75. The van der Waals surface area contributed by atoms with Crippen LogP contribution in [0.15, 0.2) is 24.4 Å². The van der Waals surface area contributed by atoms with E-state index in [4.69, 9.17) is 5.73 Å². The van der Waals surface area contributed by atoms with Crippen LogP contribution in [0.25, 0.3) is 0 Å². The zero-order valence-corrected chi connectivity index (χ0v) is 12.1. The van der Waals surface area contributed by atoms with Crippen LogP contribution in [0.5, 0.6) is 0 Å². The molecule has 0 saturated heterocycles. The highest BCUT2D eigenvalue weighted by molar-refractivity contribution is 5.15. The molecule has 1 heteroatoms. The lowest BCUT2D eigenvalue weighted by molar-refractivity contribution is 0.188. The fraction of sp³-hybridized carbons (Fsp3) is 0.750. The number of nitrogens with two attached hydrogens (primary N) is 1. The Balaban J connectivity index is 2.94. The van der Waals surface area contributed by atoms with Gasteiger partial charge in [0.05, 0.1) is 0 Å². The molecule has 1 rings (SSSR count). The van der Waals surface area contributed by atoms with Crippen molar-refractivity contribution in [1.82, 2.24) is 0 Å². The van der Waals surface area contributed by atoms with E-state index < -0.39 is 0 Å². The molecule has 5 atom stereocenters. The van der Waals surface area contributed by atoms with Gasteiger partial charge in [-0.05, 0) is 48.1 Å². The zero-order chi connectivity index (χ0) is 13.2. The highest BCUT2D eigenvalue weighted by Gasteiger charge is 2.41. The summed E-state index contributed by atoms with van der Waals surface area (Å²) < 4.78 is 0. The van der Waals surface area contributed by atoms with Gasteiger partial charge in [-0.1, -0.05) is 52.8 Å². The van der Waals surface area contributed by atoms with Crippen molar-refractivity contribution < 1.29 is 0 Å². The minimum atomic E-state index is 0.556. The molecule has 1 aliphatic rings. The van der Waals surface area contributed by atoms with Gasteiger partial charge in [-0.2, -0.15) is 0 Å². The highest BCUT2D eigenvalue weighted by Crippen LogP contribution is 2.49. The Labute approximate surface area is 107 Å². The van der Waals surface area contributed by atoms with Crippen LogP contribution in [0.2, 0.25) is 0 Å². The van der Waals surface area contributed by atoms with Crippen molar-refractivity contribution in [3.8, 4) is 0 Å². The predicted molar refractivity (Wildman–Crippen MR) is 76.4 cm³/mol. The Hall–Kier alpha value is -0.720. The molecule has 0 heterocycles. The maximum atomic E-state index is 5.56. The summed E-state index contributed by atoms with van der Waals surface area (Å²) in [4.78, 5) is 0. The molecule has 4 unspecified atom stereocenters. The number of hydrogen-bond donors (Lipinski definition) is 1. The second-order valence-corrected chi connectivity index (χ2v) is 6.29. The molecule has 2 N–H and O–H groups in total. The van der Waals surface area contributed by atoms with E-state index >= 15 is 0 Å². The third-order valence-electron chi connectivity index (χ3n) is 4.77. The Morgan fingerprint density at radius 1 is 1.29 bits per heavy atom. The molecular weight excluding hydrogens is 206 g/mol. The second-order valence-electron chi connectivity index (χ2n) is 6.29. The van der Waals surface area contributed by atoms with Gasteiger partial charge in [0.2, 0.25) is 0 Å². The van der Waals surface area contributed by atoms with E-state index in [1.807, 2.05) is 0 Å². The van der Waals surface area contributed by atoms with Crippen molar-refractivity contribution in [2.75, 3.05) is 0 Å². The molecule has 0 aliphatic heterocycles.